The number of esters is 2. The number of thiocarbonyl (C=S) groups is 1. The zero-order valence-electron chi connectivity index (χ0n) is 24.9. The Bertz CT molecular complexity index is 1900. The number of nitrogens with zero attached hydrogens (tertiary/aromatic N) is 2. The van der Waals surface area contributed by atoms with E-state index in [1.54, 1.807) is 43.0 Å². The smallest absolute Gasteiger partial charge is 0.346 e. The van der Waals surface area contributed by atoms with Crippen molar-refractivity contribution in [1.82, 2.24) is 4.90 Å². The summed E-state index contributed by atoms with van der Waals surface area (Å²) in [5.74, 6) is -2.94. The molecule has 0 saturated heterocycles. The lowest BCUT2D eigenvalue weighted by Crippen LogP contribution is -2.59. The first-order valence-corrected chi connectivity index (χ1v) is 15.8. The van der Waals surface area contributed by atoms with E-state index in [1.165, 1.54) is 14.2 Å². The summed E-state index contributed by atoms with van der Waals surface area (Å²) in [7, 11) is 2.46. The Morgan fingerprint density at radius 2 is 1.33 bits per heavy atom. The number of amides is 3. The van der Waals surface area contributed by atoms with Crippen molar-refractivity contribution >= 4 is 92.3 Å². The normalized spacial score (nSPS) is 17.2. The molecule has 0 radical (unpaired) electrons. The van der Waals surface area contributed by atoms with Crippen LogP contribution < -0.4 is 4.90 Å². The van der Waals surface area contributed by atoms with Gasteiger partial charge < -0.3 is 9.47 Å². The van der Waals surface area contributed by atoms with E-state index in [-0.39, 0.29) is 9.81 Å². The topological polar surface area (TPSA) is 110 Å². The van der Waals surface area contributed by atoms with Gasteiger partial charge in [0, 0.05) is 27.6 Å². The van der Waals surface area contributed by atoms with Crippen LogP contribution in [0.2, 0.25) is 0 Å². The molecule has 0 N–H and O–H groups in total. The monoisotopic (exact) mass is 658 g/mol. The van der Waals surface area contributed by atoms with Gasteiger partial charge in [0.15, 0.2) is 0 Å². The lowest BCUT2D eigenvalue weighted by Gasteiger charge is -2.46. The van der Waals surface area contributed by atoms with Crippen LogP contribution >= 0.6 is 35.7 Å². The molecule has 3 aliphatic heterocycles. The number of carbonyl (C=O) groups excluding carboxylic acids is 5. The van der Waals surface area contributed by atoms with Gasteiger partial charge >= 0.3 is 11.9 Å². The zero-order chi connectivity index (χ0) is 32.4. The van der Waals surface area contributed by atoms with Crippen LogP contribution in [0.1, 0.15) is 45.7 Å². The second-order valence-electron chi connectivity index (χ2n) is 11.0. The van der Waals surface area contributed by atoms with Crippen LogP contribution in [0.25, 0.3) is 16.3 Å². The van der Waals surface area contributed by atoms with Gasteiger partial charge in [-0.2, -0.15) is 0 Å². The largest absolute Gasteiger partial charge is 0.465 e. The fourth-order valence-electron chi connectivity index (χ4n) is 5.89. The molecule has 3 aromatic carbocycles. The molecular formula is C33H26N2O7S3. The van der Waals surface area contributed by atoms with Crippen LogP contribution in [0.3, 0.4) is 0 Å². The standard InChI is InChI=1S/C33H26N2O7S3/c1-16-9-6-12-18-23(32-44-25(30(39)41-4)26(45-32)31(40)42-5)27(43)33(2,3)35(24(16)18)21(36)15-34-28(37)19-13-7-10-17-11-8-14-20(22(17)19)29(34)38/h6-14H,15H2,1-5H3. The lowest BCUT2D eigenvalue weighted by molar-refractivity contribution is -0.138. The van der Waals surface area contributed by atoms with Crippen molar-refractivity contribution in [1.29, 1.82) is 0 Å². The maximum absolute atomic E-state index is 14.3. The first-order chi connectivity index (χ1) is 21.4. The van der Waals surface area contributed by atoms with Crippen molar-refractivity contribution in [3.8, 4) is 0 Å². The minimum Gasteiger partial charge on any atom is -0.465 e. The first-order valence-electron chi connectivity index (χ1n) is 13.8. The predicted octanol–water partition coefficient (Wildman–Crippen LogP) is 5.65. The molecule has 0 aromatic heterocycles. The fourth-order valence-corrected chi connectivity index (χ4v) is 8.92. The van der Waals surface area contributed by atoms with Gasteiger partial charge in [-0.15, -0.1) is 0 Å². The van der Waals surface area contributed by atoms with Gasteiger partial charge in [-0.3, -0.25) is 24.2 Å². The highest BCUT2D eigenvalue weighted by Gasteiger charge is 2.47. The van der Waals surface area contributed by atoms with E-state index < -0.39 is 41.7 Å². The summed E-state index contributed by atoms with van der Waals surface area (Å²) < 4.78 is 10.4. The molecule has 0 spiro atoms. The van der Waals surface area contributed by atoms with E-state index in [2.05, 4.69) is 0 Å². The summed E-state index contributed by atoms with van der Waals surface area (Å²) in [4.78, 5) is 69.9. The number of rotatable bonds is 4. The third-order valence-electron chi connectivity index (χ3n) is 8.01. The Morgan fingerprint density at radius 3 is 1.87 bits per heavy atom. The number of ether oxygens (including phenoxy) is 2. The number of carbonyl (C=O) groups is 5. The van der Waals surface area contributed by atoms with Crippen LogP contribution in [-0.4, -0.2) is 65.7 Å². The van der Waals surface area contributed by atoms with E-state index in [1.807, 2.05) is 37.3 Å². The van der Waals surface area contributed by atoms with Crippen molar-refractivity contribution in [3.05, 3.63) is 90.9 Å². The second kappa shape index (κ2) is 11.3. The molecule has 9 nitrogen and oxygen atoms in total. The van der Waals surface area contributed by atoms with Gasteiger partial charge in [-0.05, 0) is 43.9 Å². The number of benzene rings is 3. The maximum atomic E-state index is 14.3. The van der Waals surface area contributed by atoms with Crippen LogP contribution in [-0.2, 0) is 23.9 Å². The third kappa shape index (κ3) is 4.70. The summed E-state index contributed by atoms with van der Waals surface area (Å²) in [6.07, 6.45) is 0. The van der Waals surface area contributed by atoms with Gasteiger partial charge in [-0.25, -0.2) is 9.59 Å². The highest BCUT2D eigenvalue weighted by atomic mass is 32.2. The average Bonchev–Trinajstić information content (AvgIpc) is 3.47. The number of hydrogen-bond acceptors (Lipinski definition) is 10. The van der Waals surface area contributed by atoms with E-state index in [9.17, 15) is 24.0 Å². The van der Waals surface area contributed by atoms with Gasteiger partial charge in [0.05, 0.1) is 34.5 Å². The molecular weight excluding hydrogens is 633 g/mol. The van der Waals surface area contributed by atoms with Crippen LogP contribution in [0.15, 0.2) is 68.6 Å². The summed E-state index contributed by atoms with van der Waals surface area (Å²) >= 11 is 8.18. The van der Waals surface area contributed by atoms with E-state index in [0.717, 1.165) is 39.4 Å². The second-order valence-corrected chi connectivity index (χ2v) is 13.7. The molecule has 3 amide bonds. The number of aryl methyl sites for hydroxylation is 1. The molecule has 3 heterocycles. The van der Waals surface area contributed by atoms with Crippen molar-refractivity contribution in [2.24, 2.45) is 0 Å². The van der Waals surface area contributed by atoms with Crippen LogP contribution in [0, 0.1) is 6.92 Å². The Morgan fingerprint density at radius 1 is 0.822 bits per heavy atom. The van der Waals surface area contributed by atoms with Gasteiger partial charge in [0.2, 0.25) is 5.91 Å². The summed E-state index contributed by atoms with van der Waals surface area (Å²) in [6.45, 7) is 4.93. The van der Waals surface area contributed by atoms with Crippen molar-refractivity contribution in [2.75, 3.05) is 25.7 Å². The molecule has 228 valence electrons. The van der Waals surface area contributed by atoms with Crippen LogP contribution in [0.5, 0.6) is 0 Å². The Balaban J connectivity index is 1.43. The Labute approximate surface area is 272 Å². The molecule has 0 saturated carbocycles. The molecule has 0 unspecified atom stereocenters. The van der Waals surface area contributed by atoms with Gasteiger partial charge in [0.25, 0.3) is 11.8 Å². The highest BCUT2D eigenvalue weighted by molar-refractivity contribution is 8.29. The Hall–Kier alpha value is -4.26. The minimum atomic E-state index is -1.12. The average molecular weight is 659 g/mol. The SMILES string of the molecule is COC(=O)C1=C(C(=O)OC)SC(=C2C(=S)C(C)(C)N(C(=O)CN3C(=O)c4cccc5cccc(c45)C3=O)c3c(C)cccc32)S1. The molecule has 12 heteroatoms. The molecule has 0 atom stereocenters. The zero-order valence-corrected chi connectivity index (χ0v) is 27.3. The maximum Gasteiger partial charge on any atom is 0.346 e. The number of fused-ring (bicyclic) bond motifs is 1. The predicted molar refractivity (Wildman–Crippen MR) is 178 cm³/mol. The van der Waals surface area contributed by atoms with Crippen molar-refractivity contribution in [3.63, 3.8) is 0 Å². The van der Waals surface area contributed by atoms with Gasteiger partial charge in [-0.1, -0.05) is 78.2 Å². The van der Waals surface area contributed by atoms with Crippen molar-refractivity contribution < 1.29 is 33.4 Å². The summed E-state index contributed by atoms with van der Waals surface area (Å²) in [5, 5.41) is 1.35. The van der Waals surface area contributed by atoms with Crippen molar-refractivity contribution in [2.45, 2.75) is 26.3 Å². The number of anilines is 1. The van der Waals surface area contributed by atoms with Gasteiger partial charge in [0.1, 0.15) is 16.4 Å². The molecule has 0 fully saturated rings. The molecule has 3 aliphatic rings. The molecule has 3 aromatic rings. The first kappa shape index (κ1) is 30.8. The highest BCUT2D eigenvalue weighted by Crippen LogP contribution is 2.56. The quantitative estimate of drug-likeness (QED) is 0.151. The third-order valence-corrected chi connectivity index (χ3v) is 11.3. The number of para-hydroxylation sites is 1. The molecule has 0 bridgehead atoms. The number of imide groups is 1. The Kier molecular flexibility index (Phi) is 7.70. The fraction of sp³-hybridized carbons (Fsp3) is 0.212. The van der Waals surface area contributed by atoms with E-state index in [4.69, 9.17) is 21.7 Å². The van der Waals surface area contributed by atoms with Crippen LogP contribution in [0.4, 0.5) is 5.69 Å². The molecule has 45 heavy (non-hydrogen) atoms. The lowest BCUT2D eigenvalue weighted by atomic mass is 9.82. The number of methoxy groups -OCH3 is 2. The minimum absolute atomic E-state index is 0.0857. The van der Waals surface area contributed by atoms with E-state index in [0.29, 0.717) is 42.4 Å². The number of thioether (sulfide) groups is 2. The summed E-state index contributed by atoms with van der Waals surface area (Å²) in [6, 6.07) is 16.0. The summed E-state index contributed by atoms with van der Waals surface area (Å²) in [5.41, 5.74) is 2.12. The number of hydrogen-bond donors (Lipinski definition) is 0. The molecule has 0 aliphatic carbocycles. The molecule has 6 rings (SSSR count). The van der Waals surface area contributed by atoms with E-state index >= 15 is 0 Å².